The Labute approximate surface area is 158 Å². The van der Waals surface area contributed by atoms with Crippen molar-refractivity contribution in [1.29, 1.82) is 0 Å². The van der Waals surface area contributed by atoms with Crippen LogP contribution in [0.3, 0.4) is 0 Å². The van der Waals surface area contributed by atoms with E-state index >= 15 is 0 Å². The molecule has 6 nitrogen and oxygen atoms in total. The van der Waals surface area contributed by atoms with E-state index in [1.165, 1.54) is 36.0 Å². The van der Waals surface area contributed by atoms with Crippen LogP contribution in [0.25, 0.3) is 22.4 Å². The van der Waals surface area contributed by atoms with Gasteiger partial charge in [-0.3, -0.25) is 4.79 Å². The Hall–Kier alpha value is -3.13. The van der Waals surface area contributed by atoms with Crippen LogP contribution < -0.4 is 5.32 Å². The minimum Gasteiger partial charge on any atom is -0.411 e. The largest absolute Gasteiger partial charge is 0.411 e. The first-order valence-corrected chi connectivity index (χ1v) is 9.26. The molecule has 0 aliphatic rings. The van der Waals surface area contributed by atoms with Crippen LogP contribution in [0.1, 0.15) is 6.42 Å². The van der Waals surface area contributed by atoms with Crippen LogP contribution in [-0.2, 0) is 4.79 Å². The number of H-pyrrole nitrogens is 1. The van der Waals surface area contributed by atoms with Gasteiger partial charge in [-0.15, -0.1) is 10.2 Å². The van der Waals surface area contributed by atoms with Crippen molar-refractivity contribution in [3.8, 4) is 11.5 Å². The zero-order chi connectivity index (χ0) is 18.6. The van der Waals surface area contributed by atoms with Crippen molar-refractivity contribution in [1.82, 2.24) is 15.2 Å². The number of aromatic nitrogens is 3. The van der Waals surface area contributed by atoms with Crippen molar-refractivity contribution in [2.75, 3.05) is 11.1 Å². The van der Waals surface area contributed by atoms with Gasteiger partial charge in [0.25, 0.3) is 11.1 Å². The molecule has 4 aromatic rings. The molecule has 4 rings (SSSR count). The second kappa shape index (κ2) is 7.63. The lowest BCUT2D eigenvalue weighted by Crippen LogP contribution is -2.12. The molecule has 0 saturated carbocycles. The van der Waals surface area contributed by atoms with Gasteiger partial charge >= 0.3 is 0 Å². The SMILES string of the molecule is O=C(CCSc1nnc(-c2c[nH]c3ccccc23)o1)Nc1ccc(F)cc1. The van der Waals surface area contributed by atoms with Crippen LogP contribution in [0.15, 0.2) is 64.4 Å². The van der Waals surface area contributed by atoms with E-state index < -0.39 is 0 Å². The quantitative estimate of drug-likeness (QED) is 0.481. The van der Waals surface area contributed by atoms with Crippen molar-refractivity contribution < 1.29 is 13.6 Å². The molecule has 8 heteroatoms. The average Bonchev–Trinajstić information content (AvgIpc) is 3.30. The van der Waals surface area contributed by atoms with Crippen LogP contribution >= 0.6 is 11.8 Å². The third-order valence-corrected chi connectivity index (χ3v) is 4.73. The number of hydrogen-bond acceptors (Lipinski definition) is 5. The van der Waals surface area contributed by atoms with Crippen molar-refractivity contribution in [3.63, 3.8) is 0 Å². The molecule has 0 aliphatic heterocycles. The van der Waals surface area contributed by atoms with E-state index in [2.05, 4.69) is 20.5 Å². The van der Waals surface area contributed by atoms with E-state index in [1.54, 1.807) is 0 Å². The number of halogens is 1. The third-order valence-electron chi connectivity index (χ3n) is 3.91. The van der Waals surface area contributed by atoms with Crippen molar-refractivity contribution >= 4 is 34.3 Å². The van der Waals surface area contributed by atoms with Gasteiger partial charge < -0.3 is 14.7 Å². The lowest BCUT2D eigenvalue weighted by Gasteiger charge is -2.03. The highest BCUT2D eigenvalue weighted by Gasteiger charge is 2.13. The minimum absolute atomic E-state index is 0.162. The molecule has 0 saturated heterocycles. The Morgan fingerprint density at radius 1 is 1.15 bits per heavy atom. The second-order valence-corrected chi connectivity index (χ2v) is 6.82. The Balaban J connectivity index is 1.33. The Bertz CT molecular complexity index is 1070. The summed E-state index contributed by atoms with van der Waals surface area (Å²) in [6.45, 7) is 0. The van der Waals surface area contributed by atoms with Crippen LogP contribution in [0.2, 0.25) is 0 Å². The van der Waals surface area contributed by atoms with Crippen molar-refractivity contribution in [2.24, 2.45) is 0 Å². The summed E-state index contributed by atoms with van der Waals surface area (Å²) in [6.07, 6.45) is 2.11. The average molecular weight is 382 g/mol. The summed E-state index contributed by atoms with van der Waals surface area (Å²) in [5.41, 5.74) is 2.40. The predicted octanol–water partition coefficient (Wildman–Crippen LogP) is 4.48. The maximum absolute atomic E-state index is 12.9. The molecular weight excluding hydrogens is 367 g/mol. The van der Waals surface area contributed by atoms with Gasteiger partial charge in [-0.1, -0.05) is 30.0 Å². The van der Waals surface area contributed by atoms with Gasteiger partial charge in [-0.25, -0.2) is 4.39 Å². The Morgan fingerprint density at radius 3 is 2.81 bits per heavy atom. The van der Waals surface area contributed by atoms with Crippen LogP contribution in [-0.4, -0.2) is 26.8 Å². The Kier molecular flexibility index (Phi) is 4.88. The number of carbonyl (C=O) groups excluding carboxylic acids is 1. The van der Waals surface area contributed by atoms with E-state index in [1.807, 2.05) is 30.5 Å². The van der Waals surface area contributed by atoms with Crippen LogP contribution in [0.5, 0.6) is 0 Å². The number of anilines is 1. The number of rotatable bonds is 6. The lowest BCUT2D eigenvalue weighted by atomic mass is 10.2. The summed E-state index contributed by atoms with van der Waals surface area (Å²) in [5.74, 6) is 0.421. The molecule has 2 heterocycles. The first kappa shape index (κ1) is 17.3. The highest BCUT2D eigenvalue weighted by molar-refractivity contribution is 7.99. The van der Waals surface area contributed by atoms with E-state index in [0.29, 0.717) is 22.6 Å². The molecule has 27 heavy (non-hydrogen) atoms. The number of benzene rings is 2. The van der Waals surface area contributed by atoms with Gasteiger partial charge in [-0.05, 0) is 30.3 Å². The van der Waals surface area contributed by atoms with E-state index in [4.69, 9.17) is 4.42 Å². The summed E-state index contributed by atoms with van der Waals surface area (Å²) in [4.78, 5) is 15.1. The summed E-state index contributed by atoms with van der Waals surface area (Å²) in [6, 6.07) is 13.5. The molecule has 2 N–H and O–H groups in total. The number of para-hydroxylation sites is 1. The van der Waals surface area contributed by atoms with E-state index in [-0.39, 0.29) is 18.1 Å². The number of aromatic amines is 1. The number of carbonyl (C=O) groups is 1. The zero-order valence-electron chi connectivity index (χ0n) is 14.1. The number of nitrogens with zero attached hydrogens (tertiary/aromatic N) is 2. The highest BCUT2D eigenvalue weighted by Crippen LogP contribution is 2.29. The van der Waals surface area contributed by atoms with Crippen LogP contribution in [0, 0.1) is 5.82 Å². The molecule has 0 aliphatic carbocycles. The molecule has 1 amide bonds. The fourth-order valence-electron chi connectivity index (χ4n) is 2.61. The normalized spacial score (nSPS) is 11.0. The molecule has 0 radical (unpaired) electrons. The van der Waals surface area contributed by atoms with Gasteiger partial charge in [0.2, 0.25) is 5.91 Å². The highest BCUT2D eigenvalue weighted by atomic mass is 32.2. The van der Waals surface area contributed by atoms with Gasteiger partial charge in [-0.2, -0.15) is 0 Å². The molecule has 0 atom stereocenters. The monoisotopic (exact) mass is 382 g/mol. The summed E-state index contributed by atoms with van der Waals surface area (Å²) < 4.78 is 18.6. The van der Waals surface area contributed by atoms with E-state index in [0.717, 1.165) is 16.5 Å². The second-order valence-electron chi connectivity index (χ2n) is 5.77. The van der Waals surface area contributed by atoms with Gasteiger partial charge in [0, 0.05) is 35.0 Å². The topological polar surface area (TPSA) is 83.8 Å². The van der Waals surface area contributed by atoms with Gasteiger partial charge in [0.15, 0.2) is 0 Å². The molecule has 0 spiro atoms. The molecule has 0 unspecified atom stereocenters. The fraction of sp³-hybridized carbons (Fsp3) is 0.105. The molecule has 0 fully saturated rings. The summed E-state index contributed by atoms with van der Waals surface area (Å²) in [5, 5.41) is 12.2. The standard InChI is InChI=1S/C19H15FN4O2S/c20-12-5-7-13(8-6-12)22-17(25)9-10-27-19-24-23-18(26-19)15-11-21-16-4-2-1-3-14(15)16/h1-8,11,21H,9-10H2,(H,22,25). The molecule has 136 valence electrons. The summed E-state index contributed by atoms with van der Waals surface area (Å²) >= 11 is 1.31. The zero-order valence-corrected chi connectivity index (χ0v) is 14.9. The van der Waals surface area contributed by atoms with Gasteiger partial charge in [0.1, 0.15) is 5.82 Å². The maximum atomic E-state index is 12.9. The van der Waals surface area contributed by atoms with Crippen LogP contribution in [0.4, 0.5) is 10.1 Å². The number of amides is 1. The summed E-state index contributed by atoms with van der Waals surface area (Å²) in [7, 11) is 0. The molecule has 2 aromatic heterocycles. The van der Waals surface area contributed by atoms with E-state index in [9.17, 15) is 9.18 Å². The fourth-order valence-corrected chi connectivity index (χ4v) is 3.31. The maximum Gasteiger partial charge on any atom is 0.276 e. The smallest absolute Gasteiger partial charge is 0.276 e. The first-order chi connectivity index (χ1) is 13.2. The first-order valence-electron chi connectivity index (χ1n) is 8.27. The third kappa shape index (κ3) is 4.01. The minimum atomic E-state index is -0.342. The van der Waals surface area contributed by atoms with Crippen molar-refractivity contribution in [3.05, 3.63) is 60.5 Å². The molecular formula is C19H15FN4O2S. The molecule has 0 bridgehead atoms. The van der Waals surface area contributed by atoms with Crippen molar-refractivity contribution in [2.45, 2.75) is 11.6 Å². The van der Waals surface area contributed by atoms with Gasteiger partial charge in [0.05, 0.1) is 5.56 Å². The number of hydrogen-bond donors (Lipinski definition) is 2. The number of thioether (sulfide) groups is 1. The lowest BCUT2D eigenvalue weighted by molar-refractivity contribution is -0.115. The number of fused-ring (bicyclic) bond motifs is 1. The Morgan fingerprint density at radius 2 is 1.96 bits per heavy atom. The predicted molar refractivity (Wildman–Crippen MR) is 102 cm³/mol. The number of nitrogens with one attached hydrogen (secondary N) is 2. The molecule has 2 aromatic carbocycles.